The van der Waals surface area contributed by atoms with Crippen molar-refractivity contribution in [3.8, 4) is 0 Å². The van der Waals surface area contributed by atoms with Gasteiger partial charge in [0, 0.05) is 6.54 Å². The van der Waals surface area contributed by atoms with Crippen LogP contribution in [-0.4, -0.2) is 20.9 Å². The van der Waals surface area contributed by atoms with E-state index in [9.17, 15) is 17.6 Å². The Kier molecular flexibility index (Phi) is 6.07. The maximum absolute atomic E-state index is 14.3. The fourth-order valence-electron chi connectivity index (χ4n) is 3.21. The molecule has 1 atom stereocenters. The monoisotopic (exact) mass is 424 g/mol. The van der Waals surface area contributed by atoms with Crippen molar-refractivity contribution < 1.29 is 17.6 Å². The number of amides is 1. The van der Waals surface area contributed by atoms with E-state index in [0.717, 1.165) is 30.5 Å². The molecule has 1 aliphatic carbocycles. The van der Waals surface area contributed by atoms with Crippen molar-refractivity contribution in [3.05, 3.63) is 63.9 Å². The molecule has 0 saturated carbocycles. The summed E-state index contributed by atoms with van der Waals surface area (Å²) in [7, 11) is -4.10. The number of nitrogens with one attached hydrogen (secondary N) is 2. The quantitative estimate of drug-likeness (QED) is 0.740. The molecule has 2 N–H and O–H groups in total. The first kappa shape index (κ1) is 20.8. The van der Waals surface area contributed by atoms with E-state index in [1.807, 2.05) is 38.1 Å². The normalized spacial score (nSPS) is 16.2. The van der Waals surface area contributed by atoms with Crippen molar-refractivity contribution in [3.63, 3.8) is 0 Å². The molecule has 0 aliphatic heterocycles. The highest BCUT2D eigenvalue weighted by atomic mass is 35.5. The standard InChI is InChI=1S/C20H22ClFN2O3S/c1-12(2)11-23-28(26,27)19-9-15(16(21)10-17(19)22)20(25)24-18-8-7-13-5-3-4-6-14(13)18/h3-6,9-10,12,18,23H,7-8,11H2,1-2H3,(H,24,25). The molecule has 1 aliphatic rings. The molecule has 8 heteroatoms. The van der Waals surface area contributed by atoms with Crippen molar-refractivity contribution in [2.75, 3.05) is 6.54 Å². The van der Waals surface area contributed by atoms with Gasteiger partial charge in [-0.25, -0.2) is 17.5 Å². The number of halogens is 2. The van der Waals surface area contributed by atoms with E-state index in [-0.39, 0.29) is 29.1 Å². The first-order valence-corrected chi connectivity index (χ1v) is 10.9. The lowest BCUT2D eigenvalue weighted by Crippen LogP contribution is -2.30. The second-order valence-corrected chi connectivity index (χ2v) is 9.41. The molecular formula is C20H22ClFN2O3S. The van der Waals surface area contributed by atoms with E-state index in [1.165, 1.54) is 5.56 Å². The maximum atomic E-state index is 14.3. The van der Waals surface area contributed by atoms with Crippen LogP contribution >= 0.6 is 11.6 Å². The maximum Gasteiger partial charge on any atom is 0.253 e. The molecule has 0 bridgehead atoms. The third-order valence-corrected chi connectivity index (χ3v) is 6.43. The Labute approximate surface area is 169 Å². The highest BCUT2D eigenvalue weighted by Crippen LogP contribution is 2.32. The van der Waals surface area contributed by atoms with Gasteiger partial charge < -0.3 is 5.32 Å². The SMILES string of the molecule is CC(C)CNS(=O)(=O)c1cc(C(=O)NC2CCc3ccccc32)c(Cl)cc1F. The molecule has 28 heavy (non-hydrogen) atoms. The van der Waals surface area contributed by atoms with Crippen molar-refractivity contribution >= 4 is 27.5 Å². The molecule has 5 nitrogen and oxygen atoms in total. The van der Waals surface area contributed by atoms with Gasteiger partial charge in [0.1, 0.15) is 10.7 Å². The summed E-state index contributed by atoms with van der Waals surface area (Å²) in [5.41, 5.74) is 2.12. The molecular weight excluding hydrogens is 403 g/mol. The predicted molar refractivity (Wildman–Crippen MR) is 106 cm³/mol. The molecule has 0 saturated heterocycles. The molecule has 1 amide bonds. The molecule has 0 spiro atoms. The van der Waals surface area contributed by atoms with Crippen molar-refractivity contribution in [2.24, 2.45) is 5.92 Å². The zero-order chi connectivity index (χ0) is 20.5. The Morgan fingerprint density at radius 2 is 2.00 bits per heavy atom. The molecule has 3 rings (SSSR count). The van der Waals surface area contributed by atoms with E-state index in [2.05, 4.69) is 10.0 Å². The minimum atomic E-state index is -4.10. The summed E-state index contributed by atoms with van der Waals surface area (Å²) in [5.74, 6) is -1.48. The number of carbonyl (C=O) groups excluding carboxylic acids is 1. The van der Waals surface area contributed by atoms with E-state index in [1.54, 1.807) is 0 Å². The molecule has 2 aromatic rings. The van der Waals surface area contributed by atoms with Crippen LogP contribution in [0.2, 0.25) is 5.02 Å². The Morgan fingerprint density at radius 3 is 2.71 bits per heavy atom. The largest absolute Gasteiger partial charge is 0.345 e. The van der Waals surface area contributed by atoms with Crippen LogP contribution in [0.25, 0.3) is 0 Å². The Bertz CT molecular complexity index is 1010. The van der Waals surface area contributed by atoms with E-state index in [0.29, 0.717) is 0 Å². The van der Waals surface area contributed by atoms with Crippen LogP contribution in [0.4, 0.5) is 4.39 Å². The van der Waals surface area contributed by atoms with Gasteiger partial charge in [-0.3, -0.25) is 4.79 Å². The van der Waals surface area contributed by atoms with Gasteiger partial charge in [0.2, 0.25) is 10.0 Å². The van der Waals surface area contributed by atoms with Crippen LogP contribution < -0.4 is 10.0 Å². The smallest absolute Gasteiger partial charge is 0.253 e. The van der Waals surface area contributed by atoms with E-state index < -0.39 is 26.6 Å². The third-order valence-electron chi connectivity index (χ3n) is 4.68. The second-order valence-electron chi connectivity index (χ2n) is 7.27. The van der Waals surface area contributed by atoms with Gasteiger partial charge in [0.25, 0.3) is 5.91 Å². The summed E-state index contributed by atoms with van der Waals surface area (Å²) in [5, 5.41) is 2.74. The molecule has 1 unspecified atom stereocenters. The lowest BCUT2D eigenvalue weighted by atomic mass is 10.1. The van der Waals surface area contributed by atoms with E-state index >= 15 is 0 Å². The second kappa shape index (κ2) is 8.19. The first-order valence-electron chi connectivity index (χ1n) is 9.06. The number of benzene rings is 2. The number of sulfonamides is 1. The Morgan fingerprint density at radius 1 is 1.29 bits per heavy atom. The van der Waals surface area contributed by atoms with Gasteiger partial charge in [-0.15, -0.1) is 0 Å². The minimum absolute atomic E-state index is 0.0512. The van der Waals surface area contributed by atoms with Crippen LogP contribution in [0, 0.1) is 11.7 Å². The first-order chi connectivity index (χ1) is 13.2. The number of aryl methyl sites for hydroxylation is 1. The Balaban J connectivity index is 1.87. The zero-order valence-electron chi connectivity index (χ0n) is 15.6. The van der Waals surface area contributed by atoms with Crippen molar-refractivity contribution in [1.29, 1.82) is 0 Å². The fourth-order valence-corrected chi connectivity index (χ4v) is 4.74. The van der Waals surface area contributed by atoms with Crippen LogP contribution in [-0.2, 0) is 16.4 Å². The summed E-state index contributed by atoms with van der Waals surface area (Å²) in [6, 6.07) is 9.48. The third kappa shape index (κ3) is 4.37. The van der Waals surface area contributed by atoms with E-state index in [4.69, 9.17) is 11.6 Å². The van der Waals surface area contributed by atoms with Crippen LogP contribution in [0.15, 0.2) is 41.3 Å². The highest BCUT2D eigenvalue weighted by Gasteiger charge is 2.27. The fraction of sp³-hybridized carbons (Fsp3) is 0.350. The molecule has 0 heterocycles. The van der Waals surface area contributed by atoms with Gasteiger partial charge in [-0.2, -0.15) is 0 Å². The summed E-state index contributed by atoms with van der Waals surface area (Å²) >= 11 is 6.04. The number of rotatable bonds is 6. The van der Waals surface area contributed by atoms with Crippen LogP contribution in [0.5, 0.6) is 0 Å². The number of hydrogen-bond donors (Lipinski definition) is 2. The predicted octanol–water partition coefficient (Wildman–Crippen LogP) is 3.83. The van der Waals surface area contributed by atoms with Gasteiger partial charge in [0.05, 0.1) is 16.6 Å². The van der Waals surface area contributed by atoms with Crippen molar-refractivity contribution in [1.82, 2.24) is 10.0 Å². The van der Waals surface area contributed by atoms with Gasteiger partial charge in [0.15, 0.2) is 0 Å². The Hall–Kier alpha value is -1.96. The summed E-state index contributed by atoms with van der Waals surface area (Å²) in [4.78, 5) is 12.2. The molecule has 150 valence electrons. The molecule has 2 aromatic carbocycles. The molecule has 0 fully saturated rings. The van der Waals surface area contributed by atoms with Crippen molar-refractivity contribution in [2.45, 2.75) is 37.6 Å². The molecule has 0 radical (unpaired) electrons. The number of fused-ring (bicyclic) bond motifs is 1. The minimum Gasteiger partial charge on any atom is -0.345 e. The topological polar surface area (TPSA) is 75.3 Å². The zero-order valence-corrected chi connectivity index (χ0v) is 17.2. The highest BCUT2D eigenvalue weighted by molar-refractivity contribution is 7.89. The lowest BCUT2D eigenvalue weighted by Gasteiger charge is -2.16. The number of hydrogen-bond acceptors (Lipinski definition) is 3. The summed E-state index contributed by atoms with van der Waals surface area (Å²) in [6.07, 6.45) is 1.59. The number of carbonyl (C=O) groups is 1. The summed E-state index contributed by atoms with van der Waals surface area (Å²) in [6.45, 7) is 3.82. The van der Waals surface area contributed by atoms with Gasteiger partial charge in [-0.1, -0.05) is 49.7 Å². The van der Waals surface area contributed by atoms with Crippen LogP contribution in [0.3, 0.4) is 0 Å². The average Bonchev–Trinajstić information content (AvgIpc) is 3.03. The average molecular weight is 425 g/mol. The molecule has 0 aromatic heterocycles. The van der Waals surface area contributed by atoms with Gasteiger partial charge >= 0.3 is 0 Å². The van der Waals surface area contributed by atoms with Gasteiger partial charge in [-0.05, 0) is 42.0 Å². The lowest BCUT2D eigenvalue weighted by molar-refractivity contribution is 0.0936. The van der Waals surface area contributed by atoms with Crippen LogP contribution in [0.1, 0.15) is 47.8 Å². The summed E-state index contributed by atoms with van der Waals surface area (Å²) < 4.78 is 41.5.